The number of hydrogen-bond acceptors (Lipinski definition) is 6. The Balaban J connectivity index is -0.0000000980. The van der Waals surface area contributed by atoms with Gasteiger partial charge in [-0.3, -0.25) is 9.59 Å². The summed E-state index contributed by atoms with van der Waals surface area (Å²) in [6.07, 6.45) is 0.245. The third kappa shape index (κ3) is 24.2. The molecule has 0 aromatic heterocycles. The molecule has 10 heteroatoms. The van der Waals surface area contributed by atoms with Crippen LogP contribution >= 0.6 is 24.8 Å². The molecule has 0 aliphatic rings. The minimum Gasteiger partial charge on any atom is -0.481 e. The highest BCUT2D eigenvalue weighted by molar-refractivity contribution is 5.85. The van der Waals surface area contributed by atoms with Gasteiger partial charge in [-0.15, -0.1) is 24.8 Å². The van der Waals surface area contributed by atoms with Crippen LogP contribution in [-0.2, 0) is 19.2 Å². The Labute approximate surface area is 116 Å². The topological polar surface area (TPSA) is 161 Å². The summed E-state index contributed by atoms with van der Waals surface area (Å²) in [4.78, 5) is 38.8. The number of carboxylic acid groups (broad SMARTS) is 2. The van der Waals surface area contributed by atoms with E-state index in [9.17, 15) is 19.2 Å². The van der Waals surface area contributed by atoms with Crippen molar-refractivity contribution in [3.05, 3.63) is 0 Å². The summed E-state index contributed by atoms with van der Waals surface area (Å²) in [6, 6.07) is -1.71. The molecule has 0 heterocycles. The van der Waals surface area contributed by atoms with Crippen LogP contribution < -0.4 is 11.5 Å². The number of carbonyl (C=O) groups is 4. The van der Waals surface area contributed by atoms with Crippen molar-refractivity contribution in [2.45, 2.75) is 24.9 Å². The van der Waals surface area contributed by atoms with Gasteiger partial charge in [-0.25, -0.2) is 0 Å². The van der Waals surface area contributed by atoms with Gasteiger partial charge < -0.3 is 31.3 Å². The first-order valence-corrected chi connectivity index (χ1v) is 4.18. The fourth-order valence-electron chi connectivity index (χ4n) is 0.499. The standard InChI is InChI=1S/2C4H7NO3.2ClH/c2*5-3(2-6)1-4(7)8;;/h2*2-3H,1,5H2,(H,7,8);2*1H. The van der Waals surface area contributed by atoms with E-state index in [-0.39, 0.29) is 37.7 Å². The van der Waals surface area contributed by atoms with E-state index in [0.717, 1.165) is 0 Å². The smallest absolute Gasteiger partial charge is 0.305 e. The van der Waals surface area contributed by atoms with Gasteiger partial charge in [0.2, 0.25) is 0 Å². The lowest BCUT2D eigenvalue weighted by molar-refractivity contribution is -0.138. The number of carbonyl (C=O) groups excluding carboxylic acids is 2. The van der Waals surface area contributed by atoms with E-state index in [1.807, 2.05) is 0 Å². The van der Waals surface area contributed by atoms with E-state index < -0.39 is 24.0 Å². The monoisotopic (exact) mass is 306 g/mol. The summed E-state index contributed by atoms with van der Waals surface area (Å²) >= 11 is 0. The first-order chi connectivity index (χ1) is 7.33. The molecule has 0 spiro atoms. The Kier molecular flexibility index (Phi) is 22.4. The maximum Gasteiger partial charge on any atom is 0.305 e. The molecule has 18 heavy (non-hydrogen) atoms. The molecule has 0 amide bonds. The van der Waals surface area contributed by atoms with Gasteiger partial charge in [-0.05, 0) is 0 Å². The van der Waals surface area contributed by atoms with E-state index in [0.29, 0.717) is 12.6 Å². The molecular formula is C8H16Cl2N2O6. The summed E-state index contributed by atoms with van der Waals surface area (Å²) in [6.45, 7) is 0. The highest BCUT2D eigenvalue weighted by atomic mass is 35.5. The lowest BCUT2D eigenvalue weighted by Crippen LogP contribution is -2.24. The summed E-state index contributed by atoms with van der Waals surface area (Å²) in [5.41, 5.74) is 9.85. The van der Waals surface area contributed by atoms with Crippen molar-refractivity contribution in [1.29, 1.82) is 0 Å². The lowest BCUT2D eigenvalue weighted by atomic mass is 10.2. The maximum absolute atomic E-state index is 9.73. The van der Waals surface area contributed by atoms with Crippen LogP contribution in [0.3, 0.4) is 0 Å². The van der Waals surface area contributed by atoms with Gasteiger partial charge in [0.15, 0.2) is 0 Å². The van der Waals surface area contributed by atoms with Crippen molar-refractivity contribution in [2.75, 3.05) is 0 Å². The van der Waals surface area contributed by atoms with Crippen molar-refractivity contribution in [3.63, 3.8) is 0 Å². The Morgan fingerprint density at radius 3 is 1.17 bits per heavy atom. The SMILES string of the molecule is Cl.Cl.NC(C=O)CC(=O)O.NC(C=O)CC(=O)O. The molecule has 0 radical (unpaired) electrons. The number of aldehydes is 2. The van der Waals surface area contributed by atoms with Gasteiger partial charge in [-0.1, -0.05) is 0 Å². The van der Waals surface area contributed by atoms with Crippen molar-refractivity contribution >= 4 is 49.3 Å². The molecule has 0 aliphatic heterocycles. The van der Waals surface area contributed by atoms with Crippen molar-refractivity contribution in [2.24, 2.45) is 11.5 Å². The minimum absolute atomic E-state index is 0. The normalized spacial score (nSPS) is 11.2. The lowest BCUT2D eigenvalue weighted by Gasteiger charge is -1.94. The van der Waals surface area contributed by atoms with E-state index in [4.69, 9.17) is 21.7 Å². The second-order valence-electron chi connectivity index (χ2n) is 2.80. The Hall–Kier alpha value is -1.22. The third-order valence-corrected chi connectivity index (χ3v) is 1.17. The van der Waals surface area contributed by atoms with Crippen molar-refractivity contribution in [1.82, 2.24) is 0 Å². The fourth-order valence-corrected chi connectivity index (χ4v) is 0.499. The number of rotatable bonds is 6. The fraction of sp³-hybridized carbons (Fsp3) is 0.500. The average Bonchev–Trinajstić information content (AvgIpc) is 2.16. The van der Waals surface area contributed by atoms with Gasteiger partial charge in [0.25, 0.3) is 0 Å². The molecule has 0 saturated carbocycles. The molecule has 0 saturated heterocycles. The maximum atomic E-state index is 9.73. The molecule has 0 rings (SSSR count). The van der Waals surface area contributed by atoms with Crippen molar-refractivity contribution in [3.8, 4) is 0 Å². The van der Waals surface area contributed by atoms with Crippen LogP contribution in [0.5, 0.6) is 0 Å². The highest BCUT2D eigenvalue weighted by Crippen LogP contribution is 1.81. The molecule has 2 atom stereocenters. The van der Waals surface area contributed by atoms with Gasteiger partial charge in [-0.2, -0.15) is 0 Å². The number of carboxylic acids is 2. The van der Waals surface area contributed by atoms with Crippen LogP contribution in [0.15, 0.2) is 0 Å². The van der Waals surface area contributed by atoms with E-state index in [1.54, 1.807) is 0 Å². The average molecular weight is 307 g/mol. The highest BCUT2D eigenvalue weighted by Gasteiger charge is 2.04. The van der Waals surface area contributed by atoms with E-state index in [2.05, 4.69) is 0 Å². The number of aliphatic carboxylic acids is 2. The molecule has 108 valence electrons. The molecule has 8 nitrogen and oxygen atoms in total. The van der Waals surface area contributed by atoms with Crippen LogP contribution in [0.25, 0.3) is 0 Å². The number of halogens is 2. The number of hydrogen-bond donors (Lipinski definition) is 4. The predicted molar refractivity (Wildman–Crippen MR) is 67.1 cm³/mol. The van der Waals surface area contributed by atoms with Crippen LogP contribution in [-0.4, -0.2) is 46.8 Å². The van der Waals surface area contributed by atoms with Crippen LogP contribution in [0, 0.1) is 0 Å². The Bertz CT molecular complexity index is 238. The zero-order valence-corrected chi connectivity index (χ0v) is 10.9. The Morgan fingerprint density at radius 2 is 1.11 bits per heavy atom. The molecule has 0 aromatic rings. The zero-order chi connectivity index (χ0) is 13.1. The Morgan fingerprint density at radius 1 is 0.889 bits per heavy atom. The zero-order valence-electron chi connectivity index (χ0n) is 9.22. The molecule has 0 aliphatic carbocycles. The third-order valence-electron chi connectivity index (χ3n) is 1.17. The van der Waals surface area contributed by atoms with Gasteiger partial charge in [0.05, 0.1) is 24.9 Å². The summed E-state index contributed by atoms with van der Waals surface area (Å²) < 4.78 is 0. The first-order valence-electron chi connectivity index (χ1n) is 4.18. The molecule has 6 N–H and O–H groups in total. The summed E-state index contributed by atoms with van der Waals surface area (Å²) in [7, 11) is 0. The minimum atomic E-state index is -1.05. The van der Waals surface area contributed by atoms with Crippen LogP contribution in [0.1, 0.15) is 12.8 Å². The van der Waals surface area contributed by atoms with Crippen LogP contribution in [0.2, 0.25) is 0 Å². The summed E-state index contributed by atoms with van der Waals surface area (Å²) in [5.74, 6) is -2.10. The second-order valence-corrected chi connectivity index (χ2v) is 2.80. The van der Waals surface area contributed by atoms with Crippen LogP contribution in [0.4, 0.5) is 0 Å². The second kappa shape index (κ2) is 15.8. The largest absolute Gasteiger partial charge is 0.481 e. The first kappa shape index (κ1) is 25.6. The molecule has 2 unspecified atom stereocenters. The van der Waals surface area contributed by atoms with Gasteiger partial charge >= 0.3 is 11.9 Å². The molecule has 0 fully saturated rings. The quantitative estimate of drug-likeness (QED) is 0.446. The predicted octanol–water partition coefficient (Wildman–Crippen LogP) is -1.18. The molecule has 0 bridgehead atoms. The molecular weight excluding hydrogens is 291 g/mol. The van der Waals surface area contributed by atoms with Gasteiger partial charge in [0, 0.05) is 0 Å². The molecule has 0 aromatic carbocycles. The summed E-state index contributed by atoms with van der Waals surface area (Å²) in [5, 5.41) is 16.0. The van der Waals surface area contributed by atoms with E-state index in [1.165, 1.54) is 0 Å². The van der Waals surface area contributed by atoms with E-state index >= 15 is 0 Å². The van der Waals surface area contributed by atoms with Gasteiger partial charge in [0.1, 0.15) is 12.6 Å². The number of nitrogens with two attached hydrogens (primary N) is 2. The van der Waals surface area contributed by atoms with Crippen molar-refractivity contribution < 1.29 is 29.4 Å².